The molecule has 10 amide bonds. The van der Waals surface area contributed by atoms with E-state index in [0.717, 1.165) is 92.4 Å². The molecule has 2 saturated heterocycles. The van der Waals surface area contributed by atoms with Gasteiger partial charge in [0, 0.05) is 54.9 Å². The van der Waals surface area contributed by atoms with Crippen LogP contribution in [0.5, 0.6) is 46.0 Å². The number of hydroxylamine groups is 1. The highest BCUT2D eigenvalue weighted by Gasteiger charge is 2.52. The molecule has 11 bridgehead atoms. The van der Waals surface area contributed by atoms with Crippen LogP contribution in [0.25, 0.3) is 11.1 Å². The minimum Gasteiger partial charge on any atom is -0.508 e. The van der Waals surface area contributed by atoms with E-state index in [1.54, 1.807) is 6.92 Å². The average molecular weight is 1800 g/mol. The van der Waals surface area contributed by atoms with Crippen LogP contribution in [-0.2, 0) is 73.5 Å². The molecule has 678 valence electrons. The average Bonchev–Trinajstić information content (AvgIpc) is 0.763. The molecule has 43 heteroatoms. The highest BCUT2D eigenvalue weighted by atomic mass is 35.5. The molecule has 6 aromatic rings. The monoisotopic (exact) mass is 1790 g/mol. The summed E-state index contributed by atoms with van der Waals surface area (Å²) < 4.78 is 40.7. The normalized spacial score (nSPS) is 27.7. The Morgan fingerprint density at radius 2 is 1.34 bits per heavy atom. The molecule has 23 N–H and O–H groups in total. The first-order valence-electron chi connectivity index (χ1n) is 40.5. The van der Waals surface area contributed by atoms with Gasteiger partial charge in [0.15, 0.2) is 30.5 Å². The van der Waals surface area contributed by atoms with E-state index in [1.807, 2.05) is 19.3 Å². The third kappa shape index (κ3) is 21.6. The molecule has 0 radical (unpaired) electrons. The lowest BCUT2D eigenvalue weighted by atomic mass is 9.81. The van der Waals surface area contributed by atoms with Crippen LogP contribution in [0, 0.1) is 17.8 Å². The number of amides is 10. The topological polar surface area (TPSA) is 625 Å². The quantitative estimate of drug-likeness (QED) is 0.0391. The first-order chi connectivity index (χ1) is 59.8. The summed E-state index contributed by atoms with van der Waals surface area (Å²) in [4.78, 5) is 167. The number of rotatable bonds is 23. The number of phenolic OH excluding ortho intramolecular Hbond substituents is 3. The van der Waals surface area contributed by atoms with Crippen molar-refractivity contribution >= 4 is 88.1 Å². The van der Waals surface area contributed by atoms with Gasteiger partial charge in [0.05, 0.1) is 41.3 Å². The second-order valence-corrected chi connectivity index (χ2v) is 33.4. The number of carbonyl (C=O) groups is 10. The van der Waals surface area contributed by atoms with Gasteiger partial charge in [0.25, 0.3) is 5.91 Å². The first kappa shape index (κ1) is 93.7. The Bertz CT molecular complexity index is 5200. The van der Waals surface area contributed by atoms with E-state index >= 15 is 24.0 Å². The van der Waals surface area contributed by atoms with Gasteiger partial charge < -0.3 is 134 Å². The van der Waals surface area contributed by atoms with Crippen LogP contribution < -0.4 is 84.7 Å². The maximum atomic E-state index is 16.3. The summed E-state index contributed by atoms with van der Waals surface area (Å²) >= 11 is 14.4. The van der Waals surface area contributed by atoms with Gasteiger partial charge in [-0.3, -0.25) is 57.4 Å². The summed E-state index contributed by atoms with van der Waals surface area (Å²) in [5, 5.41) is 129. The van der Waals surface area contributed by atoms with Crippen LogP contribution in [0.2, 0.25) is 10.0 Å². The van der Waals surface area contributed by atoms with Crippen LogP contribution in [0.4, 0.5) is 5.82 Å². The number of hydrogen-bond donors (Lipinski definition) is 21. The van der Waals surface area contributed by atoms with Crippen LogP contribution in [-0.4, -0.2) is 220 Å². The Hall–Kier alpha value is -11.4. The SMILES string of the molecule is CN[C@H](CC(C)C)C(=O)N[C@H]1C(=O)N[C@@H](CC(N)=O)C(=O)N[C@H]2C(=O)N[C@H]3C(=O)N[C@H](C(=O)N[C@@H](C(=O)NOCC(N)=O)c4cc(O)cc(O)c4-c4cc3ccc4O)[C@H](O)c3ccc(c(Cl)c3)Oc3cc2cc(c3O[C@@H]2O[C@H](CO)[C@@H](O)[C@H](O)[C@H]2O[C@H]2C[C@](C)(NCCn3ccc(NC(=O)CC4CCC(C)CC4)nc3=O)[C@H](O)[C@H](C)O2)Oc2ccc(cc2Cl)[C@H]1O. The molecule has 8 aliphatic rings. The van der Waals surface area contributed by atoms with E-state index in [2.05, 4.69) is 59.8 Å². The fourth-order valence-electron chi connectivity index (χ4n) is 16.0. The summed E-state index contributed by atoms with van der Waals surface area (Å²) in [6.07, 6.45) is -13.9. The number of anilines is 1. The minimum absolute atomic E-state index is 0.00563. The van der Waals surface area contributed by atoms with E-state index in [9.17, 15) is 74.7 Å². The third-order valence-corrected chi connectivity index (χ3v) is 23.4. The summed E-state index contributed by atoms with van der Waals surface area (Å²) in [5.41, 5.74) is 7.91. The molecular weight excluding hydrogens is 1700 g/mol. The minimum atomic E-state index is -2.41. The lowest BCUT2D eigenvalue weighted by Gasteiger charge is -2.48. The van der Waals surface area contributed by atoms with Gasteiger partial charge in [-0.25, -0.2) is 10.3 Å². The first-order valence-corrected chi connectivity index (χ1v) is 41.3. The Morgan fingerprint density at radius 1 is 0.698 bits per heavy atom. The number of nitrogens with one attached hydrogen (secondary N) is 10. The molecule has 41 nitrogen and oxygen atoms in total. The van der Waals surface area contributed by atoms with E-state index in [4.69, 9.17) is 67.9 Å². The smallest absolute Gasteiger partial charge is 0.349 e. The molecule has 3 fully saturated rings. The number of aliphatic hydroxyl groups excluding tert-OH is 6. The van der Waals surface area contributed by atoms with Gasteiger partial charge in [0.1, 0.15) is 101 Å². The molecule has 1 aliphatic carbocycles. The molecule has 126 heavy (non-hydrogen) atoms. The van der Waals surface area contributed by atoms with Gasteiger partial charge >= 0.3 is 5.69 Å². The fourth-order valence-corrected chi connectivity index (χ4v) is 16.5. The number of hydrogen-bond acceptors (Lipinski definition) is 30. The highest BCUT2D eigenvalue weighted by molar-refractivity contribution is 6.32. The van der Waals surface area contributed by atoms with Crippen molar-refractivity contribution in [1.29, 1.82) is 0 Å². The number of primary amides is 2. The molecular formula is C83H100Cl2N14O27. The standard InChI is InChI=1S/C83H100Cl2N14O27/c1-34(2)21-47(88-6)74(112)96-65-67(107)39-12-15-51(45(84)24-39)122-53-26-41-27-54(71(53)126-81-72(70(110)69(109)55(32-100)124-81)125-60-31-83(5,73(111)36(4)121-60)89-18-20-99-19-17-58(92-82(99)119)91-59(106)22-37-9-7-35(3)8-10-37)123-52-16-13-40(25-46(52)85)68(108)66-79(117)95-64(80(118)98-120-33-57(87)105)44-28-42(101)29-50(103)61(44)43-23-38(11-14-49(43)102)62(76(114)97-66)94-77(115)63(41)93-75(113)48(30-56(86)104)90-78(65)116/h11-17,19,23-29,34-37,47-48,55,60,62-70,72-73,81,88-89,100-103,107-111H,7-10,18,20-22,30-33H2,1-6H3,(H2,86,104)(H2,87,105)(H,90,116)(H,93,113)(H,94,115)(H,95,117)(H,96,112)(H,97,114)(H,98,118)(H,91,92,106,119)/t35?,36-,37?,47+,48-,55+,60-,62+,63+,64+,65+,66-,67+,68+,69+,70-,72+,73+,81-,83-/m0/s1. The second-order valence-electron chi connectivity index (χ2n) is 32.6. The maximum Gasteiger partial charge on any atom is 0.349 e. The predicted octanol–water partition coefficient (Wildman–Crippen LogP) is 0.597. The van der Waals surface area contributed by atoms with Crippen LogP contribution in [0.15, 0.2) is 95.9 Å². The molecule has 0 unspecified atom stereocenters. The second kappa shape index (κ2) is 40.1. The van der Waals surface area contributed by atoms with Crippen molar-refractivity contribution in [2.45, 2.75) is 202 Å². The number of phenols is 3. The number of likely N-dealkylation sites (N-methyl/N-ethyl adjacent to an activating group) is 1. The van der Waals surface area contributed by atoms with E-state index < -0.39 is 266 Å². The molecule has 7 aliphatic heterocycles. The zero-order valence-corrected chi connectivity index (χ0v) is 70.4. The predicted molar refractivity (Wildman–Crippen MR) is 442 cm³/mol. The number of halogens is 2. The number of nitrogens with two attached hydrogens (primary N) is 2. The van der Waals surface area contributed by atoms with E-state index in [1.165, 1.54) is 42.9 Å². The van der Waals surface area contributed by atoms with Crippen LogP contribution in [0.1, 0.15) is 144 Å². The van der Waals surface area contributed by atoms with Gasteiger partial charge in [-0.15, -0.1) is 0 Å². The van der Waals surface area contributed by atoms with Crippen molar-refractivity contribution in [1.82, 2.24) is 57.6 Å². The van der Waals surface area contributed by atoms with Crippen LogP contribution >= 0.6 is 23.2 Å². The number of ether oxygens (including phenoxy) is 6. The number of nitrogens with zero attached hydrogens (tertiary/aromatic N) is 2. The molecule has 18 atom stereocenters. The van der Waals surface area contributed by atoms with Crippen molar-refractivity contribution in [3.05, 3.63) is 139 Å². The molecule has 0 spiro atoms. The summed E-state index contributed by atoms with van der Waals surface area (Å²) in [6, 6.07) is 0.408. The number of benzene rings is 5. The van der Waals surface area contributed by atoms with Crippen molar-refractivity contribution < 1.29 is 127 Å². The van der Waals surface area contributed by atoms with Gasteiger partial charge in [-0.05, 0) is 146 Å². The molecule has 5 aromatic carbocycles. The summed E-state index contributed by atoms with van der Waals surface area (Å²) in [6.45, 7) is 6.92. The van der Waals surface area contributed by atoms with Crippen molar-refractivity contribution in [2.75, 3.05) is 32.1 Å². The lowest BCUT2D eigenvalue weighted by molar-refractivity contribution is -0.334. The number of fused-ring (bicyclic) bond motifs is 15. The Kier molecular flexibility index (Phi) is 29.8. The summed E-state index contributed by atoms with van der Waals surface area (Å²) in [7, 11) is 1.46. The van der Waals surface area contributed by atoms with E-state index in [-0.39, 0.29) is 72.8 Å². The molecule has 1 saturated carbocycles. The van der Waals surface area contributed by atoms with Gasteiger partial charge in [-0.1, -0.05) is 75.0 Å². The Morgan fingerprint density at radius 3 is 1.97 bits per heavy atom. The van der Waals surface area contributed by atoms with Crippen molar-refractivity contribution in [3.63, 3.8) is 0 Å². The van der Waals surface area contributed by atoms with Gasteiger partial charge in [0.2, 0.25) is 65.2 Å². The summed E-state index contributed by atoms with van der Waals surface area (Å²) in [5.74, 6) is -16.6. The highest BCUT2D eigenvalue weighted by Crippen LogP contribution is 2.50. The zero-order chi connectivity index (χ0) is 91.2. The number of aromatic hydroxyl groups is 3. The molecule has 1 aromatic heterocycles. The van der Waals surface area contributed by atoms with E-state index in [0.29, 0.717) is 5.92 Å². The number of aliphatic hydroxyl groups is 6. The zero-order valence-electron chi connectivity index (χ0n) is 68.9. The number of carbonyl (C=O) groups excluding carboxylic acids is 10. The Labute approximate surface area is 729 Å². The Balaban J connectivity index is 1.000. The fraction of sp³-hybridized carbons (Fsp3) is 0.470. The van der Waals surface area contributed by atoms with Gasteiger partial charge in [-0.2, -0.15) is 4.98 Å². The van der Waals surface area contributed by atoms with Crippen molar-refractivity contribution in [3.8, 4) is 57.1 Å². The lowest BCUT2D eigenvalue weighted by Crippen LogP contribution is -2.65. The number of aromatic nitrogens is 2. The van der Waals surface area contributed by atoms with Crippen molar-refractivity contribution in [2.24, 2.45) is 29.2 Å². The maximum absolute atomic E-state index is 16.3. The third-order valence-electron chi connectivity index (χ3n) is 22.8. The largest absolute Gasteiger partial charge is 0.508 e. The van der Waals surface area contributed by atoms with Crippen LogP contribution in [0.3, 0.4) is 0 Å². The molecule has 14 rings (SSSR count). The molecule has 8 heterocycles.